The van der Waals surface area contributed by atoms with Gasteiger partial charge in [0.1, 0.15) is 17.5 Å². The first kappa shape index (κ1) is 11.7. The lowest BCUT2D eigenvalue weighted by atomic mass is 10.0. The van der Waals surface area contributed by atoms with Gasteiger partial charge in [-0.3, -0.25) is 0 Å². The third-order valence-electron chi connectivity index (χ3n) is 2.68. The van der Waals surface area contributed by atoms with Crippen LogP contribution in [0.25, 0.3) is 0 Å². The van der Waals surface area contributed by atoms with Gasteiger partial charge in [-0.25, -0.2) is 13.8 Å². The first-order valence-electron chi connectivity index (χ1n) is 5.24. The van der Waals surface area contributed by atoms with Gasteiger partial charge in [0.2, 0.25) is 0 Å². The predicted molar refractivity (Wildman–Crippen MR) is 60.2 cm³/mol. The van der Waals surface area contributed by atoms with E-state index in [0.717, 1.165) is 24.0 Å². The fourth-order valence-corrected chi connectivity index (χ4v) is 1.70. The van der Waals surface area contributed by atoms with Crippen LogP contribution in [-0.2, 0) is 13.5 Å². The molecule has 0 bridgehead atoms. The summed E-state index contributed by atoms with van der Waals surface area (Å²) in [6.45, 7) is 0. The van der Waals surface area contributed by atoms with E-state index in [1.165, 1.54) is 0 Å². The molecule has 0 saturated carbocycles. The zero-order chi connectivity index (χ0) is 12.4. The molecule has 0 spiro atoms. The molecule has 5 heteroatoms. The molecule has 1 aromatic heterocycles. The Labute approximate surface area is 97.9 Å². The summed E-state index contributed by atoms with van der Waals surface area (Å²) in [6, 6.07) is 2.69. The largest absolute Gasteiger partial charge is 0.338 e. The highest BCUT2D eigenvalue weighted by molar-refractivity contribution is 5.23. The lowest BCUT2D eigenvalue weighted by Crippen LogP contribution is -2.17. The molecule has 1 atom stereocenters. The average molecular weight is 237 g/mol. The molecule has 17 heavy (non-hydrogen) atoms. The van der Waals surface area contributed by atoms with Gasteiger partial charge in [-0.05, 0) is 18.2 Å². The Balaban J connectivity index is 2.23. The Morgan fingerprint density at radius 3 is 2.82 bits per heavy atom. The zero-order valence-corrected chi connectivity index (χ0v) is 9.40. The lowest BCUT2D eigenvalue weighted by Gasteiger charge is -2.12. The minimum absolute atomic E-state index is 0.174. The second-order valence-electron chi connectivity index (χ2n) is 3.93. The molecule has 1 unspecified atom stereocenters. The van der Waals surface area contributed by atoms with Crippen molar-refractivity contribution in [2.24, 2.45) is 12.8 Å². The van der Waals surface area contributed by atoms with Crippen molar-refractivity contribution in [2.45, 2.75) is 12.5 Å². The van der Waals surface area contributed by atoms with E-state index in [9.17, 15) is 8.78 Å². The van der Waals surface area contributed by atoms with Gasteiger partial charge in [0.05, 0.1) is 0 Å². The van der Waals surface area contributed by atoms with Crippen LogP contribution in [0, 0.1) is 11.6 Å². The number of hydrogen-bond acceptors (Lipinski definition) is 2. The number of benzene rings is 1. The average Bonchev–Trinajstić information content (AvgIpc) is 2.68. The molecule has 0 aliphatic carbocycles. The minimum atomic E-state index is -0.605. The number of aromatic nitrogens is 2. The van der Waals surface area contributed by atoms with Gasteiger partial charge >= 0.3 is 0 Å². The second kappa shape index (κ2) is 4.63. The van der Waals surface area contributed by atoms with Crippen LogP contribution in [0.2, 0.25) is 0 Å². The third kappa shape index (κ3) is 2.50. The van der Waals surface area contributed by atoms with Gasteiger partial charge in [-0.2, -0.15) is 0 Å². The van der Waals surface area contributed by atoms with Gasteiger partial charge in [-0.15, -0.1) is 0 Å². The summed E-state index contributed by atoms with van der Waals surface area (Å²) in [4.78, 5) is 4.10. The molecule has 0 aliphatic rings. The maximum absolute atomic E-state index is 13.5. The molecule has 0 radical (unpaired) electrons. The zero-order valence-electron chi connectivity index (χ0n) is 9.40. The summed E-state index contributed by atoms with van der Waals surface area (Å²) < 4.78 is 28.3. The number of imidazole rings is 1. The van der Waals surface area contributed by atoms with Crippen molar-refractivity contribution in [1.82, 2.24) is 9.55 Å². The van der Waals surface area contributed by atoms with Crippen LogP contribution in [0.1, 0.15) is 17.4 Å². The predicted octanol–water partition coefficient (Wildman–Crippen LogP) is 1.94. The van der Waals surface area contributed by atoms with Crippen molar-refractivity contribution in [2.75, 3.05) is 0 Å². The van der Waals surface area contributed by atoms with E-state index in [0.29, 0.717) is 6.42 Å². The maximum Gasteiger partial charge on any atom is 0.128 e. The van der Waals surface area contributed by atoms with Crippen LogP contribution in [0.5, 0.6) is 0 Å². The quantitative estimate of drug-likeness (QED) is 0.886. The molecule has 1 aromatic carbocycles. The summed E-state index contributed by atoms with van der Waals surface area (Å²) in [6.07, 6.45) is 3.79. The fraction of sp³-hybridized carbons (Fsp3) is 0.250. The van der Waals surface area contributed by atoms with E-state index < -0.39 is 17.7 Å². The van der Waals surface area contributed by atoms with Gasteiger partial charge < -0.3 is 10.3 Å². The van der Waals surface area contributed by atoms with Crippen LogP contribution in [-0.4, -0.2) is 9.55 Å². The Morgan fingerprint density at radius 1 is 1.41 bits per heavy atom. The highest BCUT2D eigenvalue weighted by Gasteiger charge is 2.15. The molecule has 2 rings (SSSR count). The molecule has 2 aromatic rings. The highest BCUT2D eigenvalue weighted by Crippen LogP contribution is 2.19. The number of nitrogens with zero attached hydrogens (tertiary/aromatic N) is 2. The van der Waals surface area contributed by atoms with E-state index in [1.807, 2.05) is 7.05 Å². The Bertz CT molecular complexity index is 522. The van der Waals surface area contributed by atoms with E-state index in [1.54, 1.807) is 17.0 Å². The van der Waals surface area contributed by atoms with Crippen molar-refractivity contribution in [3.63, 3.8) is 0 Å². The summed E-state index contributed by atoms with van der Waals surface area (Å²) in [7, 11) is 1.83. The molecule has 3 nitrogen and oxygen atoms in total. The van der Waals surface area contributed by atoms with Crippen molar-refractivity contribution in [3.05, 3.63) is 53.6 Å². The molecular formula is C12H13F2N3. The van der Waals surface area contributed by atoms with E-state index in [-0.39, 0.29) is 5.56 Å². The van der Waals surface area contributed by atoms with Crippen molar-refractivity contribution in [3.8, 4) is 0 Å². The molecule has 0 aliphatic heterocycles. The Kier molecular flexibility index (Phi) is 3.19. The molecule has 2 N–H and O–H groups in total. The molecule has 1 heterocycles. The van der Waals surface area contributed by atoms with Crippen molar-refractivity contribution < 1.29 is 8.78 Å². The molecule has 90 valence electrons. The summed E-state index contributed by atoms with van der Waals surface area (Å²) >= 11 is 0. The standard InChI is InChI=1S/C12H13F2N3/c1-17-5-4-16-12(17)7-11(15)9-6-8(13)2-3-10(9)14/h2-6,11H,7,15H2,1H3. The van der Waals surface area contributed by atoms with Crippen molar-refractivity contribution in [1.29, 1.82) is 0 Å². The molecule has 0 amide bonds. The van der Waals surface area contributed by atoms with Crippen LogP contribution in [0.15, 0.2) is 30.6 Å². The summed E-state index contributed by atoms with van der Waals surface area (Å²) in [5, 5.41) is 0. The smallest absolute Gasteiger partial charge is 0.128 e. The number of rotatable bonds is 3. The van der Waals surface area contributed by atoms with Gasteiger partial charge in [0.15, 0.2) is 0 Å². The number of hydrogen-bond donors (Lipinski definition) is 1. The number of nitrogens with two attached hydrogens (primary N) is 1. The first-order chi connectivity index (χ1) is 8.08. The SMILES string of the molecule is Cn1ccnc1CC(N)c1cc(F)ccc1F. The number of halogens is 2. The van der Waals surface area contributed by atoms with Crippen LogP contribution in [0.4, 0.5) is 8.78 Å². The second-order valence-corrected chi connectivity index (χ2v) is 3.93. The first-order valence-corrected chi connectivity index (χ1v) is 5.24. The minimum Gasteiger partial charge on any atom is -0.338 e. The molecule has 0 saturated heterocycles. The van der Waals surface area contributed by atoms with E-state index >= 15 is 0 Å². The Hall–Kier alpha value is -1.75. The summed E-state index contributed by atoms with van der Waals surface area (Å²) in [5.74, 6) is -0.244. The third-order valence-corrected chi connectivity index (χ3v) is 2.68. The number of aryl methyl sites for hydroxylation is 1. The van der Waals surface area contributed by atoms with Gasteiger partial charge in [0, 0.05) is 37.5 Å². The topological polar surface area (TPSA) is 43.8 Å². The Morgan fingerprint density at radius 2 is 2.18 bits per heavy atom. The van der Waals surface area contributed by atoms with Gasteiger partial charge in [0.25, 0.3) is 0 Å². The molecule has 0 fully saturated rings. The monoisotopic (exact) mass is 237 g/mol. The summed E-state index contributed by atoms with van der Waals surface area (Å²) in [5.41, 5.74) is 6.04. The van der Waals surface area contributed by atoms with Crippen molar-refractivity contribution >= 4 is 0 Å². The van der Waals surface area contributed by atoms with E-state index in [2.05, 4.69) is 4.98 Å². The van der Waals surface area contributed by atoms with Crippen LogP contribution in [0.3, 0.4) is 0 Å². The fourth-order valence-electron chi connectivity index (χ4n) is 1.70. The van der Waals surface area contributed by atoms with E-state index in [4.69, 9.17) is 5.73 Å². The van der Waals surface area contributed by atoms with Crippen LogP contribution >= 0.6 is 0 Å². The van der Waals surface area contributed by atoms with Crippen LogP contribution < -0.4 is 5.73 Å². The lowest BCUT2D eigenvalue weighted by molar-refractivity contribution is 0.553. The highest BCUT2D eigenvalue weighted by atomic mass is 19.1. The normalized spacial score (nSPS) is 12.7. The van der Waals surface area contributed by atoms with Gasteiger partial charge in [-0.1, -0.05) is 0 Å². The maximum atomic E-state index is 13.5. The molecular weight excluding hydrogens is 224 g/mol.